The van der Waals surface area contributed by atoms with E-state index in [1.54, 1.807) is 0 Å². The summed E-state index contributed by atoms with van der Waals surface area (Å²) in [6, 6.07) is 0. The highest BCUT2D eigenvalue weighted by molar-refractivity contribution is 5.37. The molecule has 0 aromatic carbocycles. The van der Waals surface area contributed by atoms with E-state index in [0.717, 1.165) is 89.9 Å². The molecule has 0 bridgehead atoms. The van der Waals surface area contributed by atoms with E-state index in [0.29, 0.717) is 37.5 Å². The van der Waals surface area contributed by atoms with Crippen LogP contribution in [-0.4, -0.2) is 24.6 Å². The number of rotatable bonds is 8. The lowest BCUT2D eigenvalue weighted by molar-refractivity contribution is -0.0609. The topological polar surface area (TPSA) is 9.23 Å². The van der Waals surface area contributed by atoms with Gasteiger partial charge < -0.3 is 4.74 Å². The maximum absolute atomic E-state index is 17.0. The van der Waals surface area contributed by atoms with Gasteiger partial charge in [-0.3, -0.25) is 0 Å². The summed E-state index contributed by atoms with van der Waals surface area (Å²) in [4.78, 5) is 0. The van der Waals surface area contributed by atoms with Crippen molar-refractivity contribution in [3.8, 4) is 0 Å². The second-order valence-corrected chi connectivity index (χ2v) is 16.6. The van der Waals surface area contributed by atoms with Crippen LogP contribution in [0.1, 0.15) is 129 Å². The lowest BCUT2D eigenvalue weighted by Gasteiger charge is -2.53. The van der Waals surface area contributed by atoms with Crippen LogP contribution in [0.4, 0.5) is 26.3 Å². The van der Waals surface area contributed by atoms with Gasteiger partial charge >= 0.3 is 0 Å². The Kier molecular flexibility index (Phi) is 10.5. The van der Waals surface area contributed by atoms with E-state index in [1.807, 2.05) is 0 Å². The Morgan fingerprint density at radius 3 is 1.23 bits per heavy atom. The molecule has 4 saturated carbocycles. The molecule has 264 valence electrons. The fraction of sp³-hybridized carbons (Fsp3) is 0.800. The highest BCUT2D eigenvalue weighted by Gasteiger charge is 2.61. The zero-order valence-corrected chi connectivity index (χ0v) is 28.6. The van der Waals surface area contributed by atoms with E-state index in [9.17, 15) is 0 Å². The third-order valence-electron chi connectivity index (χ3n) is 14.0. The number of alkyl halides is 2. The average Bonchev–Trinajstić information content (AvgIpc) is 3.09. The minimum Gasteiger partial charge on any atom is -0.379 e. The Morgan fingerprint density at radius 1 is 0.553 bits per heavy atom. The van der Waals surface area contributed by atoms with Gasteiger partial charge in [-0.25, -0.2) is 26.3 Å². The highest BCUT2D eigenvalue weighted by Crippen LogP contribution is 2.63. The van der Waals surface area contributed by atoms with E-state index in [-0.39, 0.29) is 25.0 Å². The zero-order valence-electron chi connectivity index (χ0n) is 28.6. The minimum absolute atomic E-state index is 0.000191. The van der Waals surface area contributed by atoms with Gasteiger partial charge in [-0.15, -0.1) is 0 Å². The number of allylic oxidation sites excluding steroid dienone is 4. The molecule has 0 amide bonds. The Morgan fingerprint density at radius 2 is 0.894 bits per heavy atom. The van der Waals surface area contributed by atoms with Gasteiger partial charge in [0.05, 0.1) is 25.0 Å². The van der Waals surface area contributed by atoms with E-state index in [4.69, 9.17) is 4.74 Å². The van der Waals surface area contributed by atoms with Gasteiger partial charge in [0.2, 0.25) is 0 Å². The smallest absolute Gasteiger partial charge is 0.188 e. The third kappa shape index (κ3) is 6.13. The van der Waals surface area contributed by atoms with Crippen LogP contribution in [0.15, 0.2) is 47.6 Å². The quantitative estimate of drug-likeness (QED) is 0.185. The lowest BCUT2D eigenvalue weighted by atomic mass is 9.53. The van der Waals surface area contributed by atoms with Crippen molar-refractivity contribution in [1.82, 2.24) is 0 Å². The molecule has 0 heterocycles. The van der Waals surface area contributed by atoms with Gasteiger partial charge in [0.25, 0.3) is 0 Å². The summed E-state index contributed by atoms with van der Waals surface area (Å²) in [6.07, 6.45) is 19.7. The standard InChI is InChI=1S/C40H56F6O/c1-27-9-13-31(14-10-27)37(19-5-3-6-20-37)39(45)23-17-29(33(41)35(39)43)25-47-26-30-18-24-40(46,36(44)34(30)42)38(21-7-4-8-22-38)32-15-11-28(2)12-16-32/h17-18,23-24,27-32H,3-16,19-22,25-26H2,1-2H3/t27-,28-,29-,30-,31-,32-,39+,40+/m0/s1. The molecule has 47 heavy (non-hydrogen) atoms. The van der Waals surface area contributed by atoms with Crippen molar-refractivity contribution < 1.29 is 31.1 Å². The summed E-state index contributed by atoms with van der Waals surface area (Å²) in [5.74, 6) is -6.23. The summed E-state index contributed by atoms with van der Waals surface area (Å²) < 4.78 is 103. The Labute approximate surface area is 278 Å². The lowest BCUT2D eigenvalue weighted by Crippen LogP contribution is -2.52. The molecule has 0 N–H and O–H groups in total. The summed E-state index contributed by atoms with van der Waals surface area (Å²) in [7, 11) is 0. The molecule has 6 aliphatic carbocycles. The molecule has 0 unspecified atom stereocenters. The van der Waals surface area contributed by atoms with Crippen LogP contribution < -0.4 is 0 Å². The van der Waals surface area contributed by atoms with Crippen LogP contribution in [0.3, 0.4) is 0 Å². The molecule has 0 radical (unpaired) electrons. The van der Waals surface area contributed by atoms with Crippen molar-refractivity contribution in [2.45, 2.75) is 141 Å². The molecule has 7 heteroatoms. The van der Waals surface area contributed by atoms with Crippen LogP contribution >= 0.6 is 0 Å². The third-order valence-corrected chi connectivity index (χ3v) is 14.0. The SMILES string of the molecule is C[C@H]1CC[C@H](C2([C@@]3(F)C=C[C@@H](COC[C@@H]4C=C[C@](F)(C5([C@H]6CC[C@H](C)CC6)CCCCC5)C(F)=C4F)C(F)=C3F)CCCCC2)CC1. The molecule has 0 aromatic rings. The van der Waals surface area contributed by atoms with Crippen LogP contribution in [0.25, 0.3) is 0 Å². The minimum atomic E-state index is -2.50. The Balaban J connectivity index is 1.13. The number of hydrogen-bond acceptors (Lipinski definition) is 1. The van der Waals surface area contributed by atoms with Crippen molar-refractivity contribution in [2.75, 3.05) is 13.2 Å². The Hall–Kier alpha value is -1.50. The first kappa shape index (κ1) is 35.3. The predicted octanol–water partition coefficient (Wildman–Crippen LogP) is 12.6. The fourth-order valence-electron chi connectivity index (χ4n) is 11.0. The first-order chi connectivity index (χ1) is 22.5. The van der Waals surface area contributed by atoms with Crippen LogP contribution in [-0.2, 0) is 4.74 Å². The van der Waals surface area contributed by atoms with E-state index in [1.165, 1.54) is 24.3 Å². The van der Waals surface area contributed by atoms with E-state index >= 15 is 26.3 Å². The van der Waals surface area contributed by atoms with Crippen molar-refractivity contribution in [1.29, 1.82) is 0 Å². The predicted molar refractivity (Wildman–Crippen MR) is 176 cm³/mol. The van der Waals surface area contributed by atoms with Gasteiger partial charge in [0.1, 0.15) is 11.7 Å². The molecule has 0 aliphatic heterocycles. The summed E-state index contributed by atoms with van der Waals surface area (Å²) in [5.41, 5.74) is -6.92. The van der Waals surface area contributed by atoms with Crippen molar-refractivity contribution in [3.05, 3.63) is 47.6 Å². The summed E-state index contributed by atoms with van der Waals surface area (Å²) >= 11 is 0. The average molecular weight is 667 g/mol. The summed E-state index contributed by atoms with van der Waals surface area (Å²) in [5, 5.41) is 0. The molecule has 1 nitrogen and oxygen atoms in total. The molecule has 4 fully saturated rings. The van der Waals surface area contributed by atoms with Crippen molar-refractivity contribution in [3.63, 3.8) is 0 Å². The molecule has 4 atom stereocenters. The highest BCUT2D eigenvalue weighted by atomic mass is 19.2. The second kappa shape index (κ2) is 14.0. The molecule has 0 saturated heterocycles. The molecule has 0 spiro atoms. The monoisotopic (exact) mass is 666 g/mol. The molecular weight excluding hydrogens is 610 g/mol. The van der Waals surface area contributed by atoms with E-state index in [2.05, 4.69) is 13.8 Å². The van der Waals surface area contributed by atoms with E-state index < -0.39 is 57.3 Å². The Bertz CT molecular complexity index is 1130. The zero-order chi connectivity index (χ0) is 33.5. The maximum Gasteiger partial charge on any atom is 0.188 e. The number of ether oxygens (including phenoxy) is 1. The molecule has 0 aromatic heterocycles. The second-order valence-electron chi connectivity index (χ2n) is 16.6. The number of hydrogen-bond donors (Lipinski definition) is 0. The van der Waals surface area contributed by atoms with Crippen LogP contribution in [0, 0.1) is 46.3 Å². The van der Waals surface area contributed by atoms with Gasteiger partial charge in [-0.1, -0.05) is 90.2 Å². The first-order valence-electron chi connectivity index (χ1n) is 18.9. The largest absolute Gasteiger partial charge is 0.379 e. The van der Waals surface area contributed by atoms with Gasteiger partial charge in [0.15, 0.2) is 23.0 Å². The van der Waals surface area contributed by atoms with Crippen LogP contribution in [0.5, 0.6) is 0 Å². The maximum atomic E-state index is 17.0. The van der Waals surface area contributed by atoms with Gasteiger partial charge in [0, 0.05) is 10.8 Å². The first-order valence-corrected chi connectivity index (χ1v) is 18.9. The van der Waals surface area contributed by atoms with Gasteiger partial charge in [-0.2, -0.15) is 0 Å². The van der Waals surface area contributed by atoms with Gasteiger partial charge in [-0.05, 0) is 87.2 Å². The van der Waals surface area contributed by atoms with Crippen LogP contribution in [0.2, 0.25) is 0 Å². The van der Waals surface area contributed by atoms with Crippen molar-refractivity contribution in [2.24, 2.45) is 46.3 Å². The molecule has 6 rings (SSSR count). The molecular formula is C40H56F6O. The number of halogens is 6. The normalized spacial score (nSPS) is 40.9. The van der Waals surface area contributed by atoms with Crippen molar-refractivity contribution >= 4 is 0 Å². The summed E-state index contributed by atoms with van der Waals surface area (Å²) in [6.45, 7) is 3.70. The molecule has 6 aliphatic rings. The fourth-order valence-corrected chi connectivity index (χ4v) is 11.0.